The summed E-state index contributed by atoms with van der Waals surface area (Å²) in [6, 6.07) is -0.586. The van der Waals surface area contributed by atoms with Crippen LogP contribution in [0.2, 0.25) is 0 Å². The molecule has 1 aromatic rings. The van der Waals surface area contributed by atoms with Crippen molar-refractivity contribution in [3.8, 4) is 0 Å². The van der Waals surface area contributed by atoms with E-state index in [-0.39, 0.29) is 11.7 Å². The van der Waals surface area contributed by atoms with Gasteiger partial charge in [-0.15, -0.1) is 11.3 Å². The van der Waals surface area contributed by atoms with E-state index in [1.807, 2.05) is 0 Å². The Morgan fingerprint density at radius 2 is 2.20 bits per heavy atom. The van der Waals surface area contributed by atoms with E-state index in [0.29, 0.717) is 24.3 Å². The van der Waals surface area contributed by atoms with Gasteiger partial charge in [0.15, 0.2) is 10.8 Å². The Morgan fingerprint density at radius 3 is 2.70 bits per heavy atom. The summed E-state index contributed by atoms with van der Waals surface area (Å²) in [5.41, 5.74) is 4.08. The van der Waals surface area contributed by atoms with Gasteiger partial charge in [0.2, 0.25) is 5.91 Å². The van der Waals surface area contributed by atoms with Crippen LogP contribution in [0.5, 0.6) is 0 Å². The normalized spacial score (nSPS) is 19.1. The van der Waals surface area contributed by atoms with Gasteiger partial charge in [-0.2, -0.15) is 13.2 Å². The number of aromatic nitrogens is 1. The smallest absolute Gasteiger partial charge is 0.369 e. The lowest BCUT2D eigenvalue weighted by atomic mass is 10.1. The Labute approximate surface area is 115 Å². The molecule has 10 heteroatoms. The molecule has 1 fully saturated rings. The fourth-order valence-electron chi connectivity index (χ4n) is 1.81. The van der Waals surface area contributed by atoms with Crippen LogP contribution < -0.4 is 11.1 Å². The number of hydrogen-bond acceptors (Lipinski definition) is 4. The molecule has 0 radical (unpaired) electrons. The number of halogens is 3. The number of nitrogens with one attached hydrogen (secondary N) is 1. The summed E-state index contributed by atoms with van der Waals surface area (Å²) in [5.74, 6) is -0.906. The number of hydrogen-bond donors (Lipinski definition) is 2. The molecular formula is C10H11F3N4O2S. The van der Waals surface area contributed by atoms with E-state index in [4.69, 9.17) is 5.73 Å². The number of alkyl halides is 3. The van der Waals surface area contributed by atoms with Gasteiger partial charge in [-0.3, -0.25) is 10.1 Å². The topological polar surface area (TPSA) is 88.3 Å². The standard InChI is InChI=1S/C10H11F3N4O2S/c11-10(12,13)6-4-20-8(15-6)16-9(19)17-2-1-5(3-17)7(14)18/h4-5H,1-3H2,(H2,14,18)(H,15,16,19). The van der Waals surface area contributed by atoms with Crippen molar-refractivity contribution >= 4 is 28.4 Å². The van der Waals surface area contributed by atoms with Crippen LogP contribution in [0.4, 0.5) is 23.1 Å². The Bertz CT molecular complexity index is 531. The Kier molecular flexibility index (Phi) is 3.84. The maximum atomic E-state index is 12.3. The number of rotatable bonds is 2. The average molecular weight is 308 g/mol. The van der Waals surface area contributed by atoms with E-state index in [1.165, 1.54) is 4.90 Å². The van der Waals surface area contributed by atoms with Gasteiger partial charge in [-0.1, -0.05) is 0 Å². The first-order valence-electron chi connectivity index (χ1n) is 5.65. The fraction of sp³-hybridized carbons (Fsp3) is 0.500. The number of likely N-dealkylation sites (tertiary alicyclic amines) is 1. The SMILES string of the molecule is NC(=O)C1CCN(C(=O)Nc2nc(C(F)(F)F)cs2)C1. The van der Waals surface area contributed by atoms with Crippen molar-refractivity contribution in [2.24, 2.45) is 11.7 Å². The van der Waals surface area contributed by atoms with E-state index in [2.05, 4.69) is 10.3 Å². The van der Waals surface area contributed by atoms with E-state index in [1.54, 1.807) is 0 Å². The van der Waals surface area contributed by atoms with Gasteiger partial charge in [0.25, 0.3) is 0 Å². The predicted molar refractivity (Wildman–Crippen MR) is 65.0 cm³/mol. The van der Waals surface area contributed by atoms with Gasteiger partial charge >= 0.3 is 12.2 Å². The van der Waals surface area contributed by atoms with Gasteiger partial charge in [-0.05, 0) is 6.42 Å². The van der Waals surface area contributed by atoms with E-state index in [0.717, 1.165) is 5.38 Å². The Balaban J connectivity index is 1.95. The number of nitrogens with two attached hydrogens (primary N) is 1. The molecule has 1 atom stereocenters. The van der Waals surface area contributed by atoms with E-state index >= 15 is 0 Å². The van der Waals surface area contributed by atoms with Gasteiger partial charge in [0.1, 0.15) is 0 Å². The second-order valence-electron chi connectivity index (χ2n) is 4.30. The number of carbonyl (C=O) groups is 2. The zero-order valence-electron chi connectivity index (χ0n) is 10.1. The lowest BCUT2D eigenvalue weighted by Crippen LogP contribution is -2.34. The Hall–Kier alpha value is -1.84. The van der Waals surface area contributed by atoms with Crippen molar-refractivity contribution < 1.29 is 22.8 Å². The monoisotopic (exact) mass is 308 g/mol. The summed E-state index contributed by atoms with van der Waals surface area (Å²) in [5, 5.41) is 2.97. The number of urea groups is 1. The molecule has 0 aliphatic carbocycles. The van der Waals surface area contributed by atoms with Gasteiger partial charge < -0.3 is 10.6 Å². The van der Waals surface area contributed by atoms with E-state index < -0.39 is 29.7 Å². The fourth-order valence-corrected chi connectivity index (χ4v) is 2.52. The third kappa shape index (κ3) is 3.18. The van der Waals surface area contributed by atoms with Crippen molar-refractivity contribution in [1.29, 1.82) is 0 Å². The lowest BCUT2D eigenvalue weighted by Gasteiger charge is -2.15. The molecule has 1 unspecified atom stereocenters. The van der Waals surface area contributed by atoms with Crippen LogP contribution in [0.15, 0.2) is 5.38 Å². The number of amides is 3. The molecule has 0 saturated carbocycles. The molecule has 3 N–H and O–H groups in total. The maximum absolute atomic E-state index is 12.3. The summed E-state index contributed by atoms with van der Waals surface area (Å²) in [7, 11) is 0. The second kappa shape index (κ2) is 5.27. The Morgan fingerprint density at radius 1 is 1.50 bits per heavy atom. The lowest BCUT2D eigenvalue weighted by molar-refractivity contribution is -0.140. The molecule has 1 aliphatic rings. The first kappa shape index (κ1) is 14.6. The van der Waals surface area contributed by atoms with Gasteiger partial charge in [0, 0.05) is 18.5 Å². The van der Waals surface area contributed by atoms with Gasteiger partial charge in [0.05, 0.1) is 5.92 Å². The first-order valence-corrected chi connectivity index (χ1v) is 6.53. The molecular weight excluding hydrogens is 297 g/mol. The van der Waals surface area contributed by atoms with Crippen LogP contribution in [0, 0.1) is 5.92 Å². The summed E-state index contributed by atoms with van der Waals surface area (Å²) >= 11 is 0.689. The maximum Gasteiger partial charge on any atom is 0.434 e. The minimum Gasteiger partial charge on any atom is -0.369 e. The van der Waals surface area contributed by atoms with E-state index in [9.17, 15) is 22.8 Å². The third-order valence-electron chi connectivity index (χ3n) is 2.89. The summed E-state index contributed by atoms with van der Waals surface area (Å²) < 4.78 is 37.0. The quantitative estimate of drug-likeness (QED) is 0.868. The predicted octanol–water partition coefficient (Wildman–Crippen LogP) is 1.50. The van der Waals surface area contributed by atoms with Crippen molar-refractivity contribution in [2.75, 3.05) is 18.4 Å². The molecule has 20 heavy (non-hydrogen) atoms. The number of anilines is 1. The minimum absolute atomic E-state index is 0.134. The van der Waals surface area contributed by atoms with Crippen molar-refractivity contribution in [3.63, 3.8) is 0 Å². The molecule has 0 aromatic carbocycles. The van der Waals surface area contributed by atoms with Crippen molar-refractivity contribution in [2.45, 2.75) is 12.6 Å². The second-order valence-corrected chi connectivity index (χ2v) is 5.16. The van der Waals surface area contributed by atoms with Crippen LogP contribution in [-0.4, -0.2) is 34.9 Å². The van der Waals surface area contributed by atoms with Crippen LogP contribution in [-0.2, 0) is 11.0 Å². The number of thiazole rings is 1. The summed E-state index contributed by atoms with van der Waals surface area (Å²) in [6.07, 6.45) is -4.08. The van der Waals surface area contributed by atoms with Crippen LogP contribution in [0.3, 0.4) is 0 Å². The molecule has 6 nitrogen and oxygen atoms in total. The molecule has 0 bridgehead atoms. The van der Waals surface area contributed by atoms with Crippen LogP contribution >= 0.6 is 11.3 Å². The molecule has 1 aromatic heterocycles. The highest BCUT2D eigenvalue weighted by atomic mass is 32.1. The summed E-state index contributed by atoms with van der Waals surface area (Å²) in [6.45, 7) is 0.496. The highest BCUT2D eigenvalue weighted by molar-refractivity contribution is 7.13. The number of nitrogens with zero attached hydrogens (tertiary/aromatic N) is 2. The highest BCUT2D eigenvalue weighted by Gasteiger charge is 2.34. The summed E-state index contributed by atoms with van der Waals surface area (Å²) in [4.78, 5) is 27.4. The van der Waals surface area contributed by atoms with Crippen molar-refractivity contribution in [3.05, 3.63) is 11.1 Å². The molecule has 1 aliphatic heterocycles. The number of carbonyl (C=O) groups excluding carboxylic acids is 2. The molecule has 0 spiro atoms. The van der Waals surface area contributed by atoms with Gasteiger partial charge in [-0.25, -0.2) is 9.78 Å². The molecule has 2 rings (SSSR count). The minimum atomic E-state index is -4.54. The molecule has 2 heterocycles. The highest BCUT2D eigenvalue weighted by Crippen LogP contribution is 2.31. The van der Waals surface area contributed by atoms with Crippen molar-refractivity contribution in [1.82, 2.24) is 9.88 Å². The molecule has 110 valence electrons. The molecule has 3 amide bonds. The molecule has 1 saturated heterocycles. The number of primary amides is 1. The zero-order chi connectivity index (χ0) is 14.9. The average Bonchev–Trinajstić information content (AvgIpc) is 2.95. The third-order valence-corrected chi connectivity index (χ3v) is 3.64. The van der Waals surface area contributed by atoms with Crippen LogP contribution in [0.1, 0.15) is 12.1 Å². The first-order chi connectivity index (χ1) is 9.27. The van der Waals surface area contributed by atoms with Crippen LogP contribution in [0.25, 0.3) is 0 Å². The largest absolute Gasteiger partial charge is 0.434 e. The zero-order valence-corrected chi connectivity index (χ0v) is 10.9.